The van der Waals surface area contributed by atoms with Crippen LogP contribution in [0, 0.1) is 5.92 Å². The fourth-order valence-electron chi connectivity index (χ4n) is 5.58. The molecule has 3 aliphatic heterocycles. The van der Waals surface area contributed by atoms with Crippen LogP contribution in [0.25, 0.3) is 10.4 Å². The van der Waals surface area contributed by atoms with Crippen LogP contribution in [0.2, 0.25) is 0 Å². The van der Waals surface area contributed by atoms with Crippen LogP contribution in [-0.2, 0) is 19.1 Å². The predicted octanol–water partition coefficient (Wildman–Crippen LogP) is 1.99. The van der Waals surface area contributed by atoms with Crippen LogP contribution in [0.15, 0.2) is 29.8 Å². The number of carbonyl (C=O) groups excluding carboxylic acids is 2. The Kier molecular flexibility index (Phi) is 14.5. The number of morpholine rings is 1. The highest BCUT2D eigenvalue weighted by molar-refractivity contribution is 7.13. The fourth-order valence-corrected chi connectivity index (χ4v) is 6.36. The van der Waals surface area contributed by atoms with Crippen molar-refractivity contribution >= 4 is 29.6 Å². The second kappa shape index (κ2) is 18.0. The van der Waals surface area contributed by atoms with Gasteiger partial charge in [0.1, 0.15) is 0 Å². The highest BCUT2D eigenvalue weighted by atomic mass is 32.1. The van der Waals surface area contributed by atoms with E-state index in [2.05, 4.69) is 22.1 Å². The van der Waals surface area contributed by atoms with Crippen LogP contribution in [0.1, 0.15) is 54.7 Å². The first-order chi connectivity index (χ1) is 20.9. The molecule has 3 fully saturated rings. The number of thiazole rings is 1. The Morgan fingerprint density at radius 3 is 2.33 bits per heavy atom. The van der Waals surface area contributed by atoms with Gasteiger partial charge >= 0.3 is 5.97 Å². The number of carboxylic acids is 1. The van der Waals surface area contributed by atoms with Gasteiger partial charge in [-0.25, -0.2) is 9.78 Å². The van der Waals surface area contributed by atoms with E-state index in [0.29, 0.717) is 43.0 Å². The average molecular weight is 620 g/mol. The lowest BCUT2D eigenvalue weighted by atomic mass is 9.91. The second-order valence-corrected chi connectivity index (χ2v) is 11.6. The van der Waals surface area contributed by atoms with Crippen molar-refractivity contribution in [3.8, 4) is 10.4 Å². The number of likely N-dealkylation sites (tertiary alicyclic amines) is 1. The zero-order chi connectivity index (χ0) is 31.2. The number of carboxylic acid groups (broad SMARTS) is 1. The van der Waals surface area contributed by atoms with Crippen molar-refractivity contribution < 1.29 is 34.1 Å². The second-order valence-electron chi connectivity index (χ2n) is 10.7. The topological polar surface area (TPSA) is 168 Å². The molecule has 12 nitrogen and oxygen atoms in total. The van der Waals surface area contributed by atoms with E-state index in [4.69, 9.17) is 20.3 Å². The van der Waals surface area contributed by atoms with Crippen molar-refractivity contribution in [2.45, 2.75) is 50.7 Å². The summed E-state index contributed by atoms with van der Waals surface area (Å²) in [6.45, 7) is 8.31. The Morgan fingerprint density at radius 2 is 1.74 bits per heavy atom. The number of carbonyl (C=O) groups is 3. The zero-order valence-electron chi connectivity index (χ0n) is 25.0. The molecule has 3 unspecified atom stereocenters. The maximum atomic E-state index is 12.2. The minimum absolute atomic E-state index is 0.0635. The molecule has 238 valence electrons. The third-order valence-corrected chi connectivity index (χ3v) is 8.93. The van der Waals surface area contributed by atoms with Gasteiger partial charge in [0.05, 0.1) is 35.7 Å². The first-order valence-electron chi connectivity index (χ1n) is 14.7. The van der Waals surface area contributed by atoms with E-state index in [-0.39, 0.29) is 23.7 Å². The molecular weight excluding hydrogens is 574 g/mol. The molecular formula is C30H45N5O7S. The maximum Gasteiger partial charge on any atom is 0.356 e. The van der Waals surface area contributed by atoms with Gasteiger partial charge in [-0.2, -0.15) is 0 Å². The molecule has 3 aliphatic rings. The number of nitrogens with two attached hydrogens (primary N) is 1. The molecule has 1 aromatic heterocycles. The number of aromatic carboxylic acids is 1. The Labute approximate surface area is 257 Å². The lowest BCUT2D eigenvalue weighted by Crippen LogP contribution is -2.49. The molecule has 0 aliphatic carbocycles. The number of benzene rings is 1. The number of ether oxygens (including phenoxy) is 2. The summed E-state index contributed by atoms with van der Waals surface area (Å²) in [5.74, 6) is -0.570. The molecule has 43 heavy (non-hydrogen) atoms. The van der Waals surface area contributed by atoms with Gasteiger partial charge in [0, 0.05) is 52.5 Å². The van der Waals surface area contributed by atoms with Crippen LogP contribution in [0.3, 0.4) is 0 Å². The number of nitrogens with one attached hydrogen (secondary N) is 1. The fraction of sp³-hybridized carbons (Fsp3) is 0.600. The number of nitrogens with zero attached hydrogens (tertiary/aromatic N) is 3. The summed E-state index contributed by atoms with van der Waals surface area (Å²) in [7, 11) is 1.00. The SMILES string of the molecule is CC1CCCN1C(=O)C(N)C1CCOCC1.CO.O=CNC(CN1CCOCC1)c1ccc(-c2scnc2C(=O)O)cc1. The average Bonchev–Trinajstić information content (AvgIpc) is 3.72. The van der Waals surface area contributed by atoms with E-state index in [0.717, 1.165) is 76.8 Å². The van der Waals surface area contributed by atoms with E-state index in [1.807, 2.05) is 29.2 Å². The normalized spacial score (nSPS) is 20.6. The van der Waals surface area contributed by atoms with Gasteiger partial charge in [-0.05, 0) is 49.7 Å². The lowest BCUT2D eigenvalue weighted by molar-refractivity contribution is -0.135. The number of aliphatic hydroxyl groups is 1. The molecule has 4 heterocycles. The molecule has 0 saturated carbocycles. The Morgan fingerprint density at radius 1 is 1.09 bits per heavy atom. The smallest absolute Gasteiger partial charge is 0.356 e. The molecule has 5 N–H and O–H groups in total. The molecule has 0 spiro atoms. The van der Waals surface area contributed by atoms with Gasteiger partial charge in [-0.15, -0.1) is 11.3 Å². The Bertz CT molecular complexity index is 1140. The third-order valence-electron chi connectivity index (χ3n) is 8.05. The quantitative estimate of drug-likeness (QED) is 0.305. The number of rotatable bonds is 9. The zero-order valence-corrected chi connectivity index (χ0v) is 25.8. The molecule has 3 atom stereocenters. The molecule has 1 aromatic carbocycles. The van der Waals surface area contributed by atoms with Gasteiger partial charge in [0.15, 0.2) is 5.69 Å². The minimum Gasteiger partial charge on any atom is -0.476 e. The standard InChI is InChI=1S/C17H19N3O4S.C12H22N2O2.CH4O/c21-10-18-14(9-20-5-7-24-8-6-20)12-1-3-13(4-2-12)16-15(17(22)23)19-11-25-16;1-9-3-2-6-14(9)12(15)11(13)10-4-7-16-8-5-10;1-2/h1-4,10-11,14H,5-9H2,(H,18,21)(H,22,23);9-11H,2-8,13H2,1H3;2H,1H3. The number of amides is 2. The van der Waals surface area contributed by atoms with E-state index in [9.17, 15) is 19.5 Å². The molecule has 3 saturated heterocycles. The first kappa shape index (κ1) is 34.5. The highest BCUT2D eigenvalue weighted by Crippen LogP contribution is 2.29. The van der Waals surface area contributed by atoms with E-state index < -0.39 is 5.97 Å². The largest absolute Gasteiger partial charge is 0.476 e. The van der Waals surface area contributed by atoms with E-state index in [1.54, 1.807) is 0 Å². The van der Waals surface area contributed by atoms with Crippen LogP contribution in [0.5, 0.6) is 0 Å². The van der Waals surface area contributed by atoms with Crippen molar-refractivity contribution in [3.05, 3.63) is 41.0 Å². The maximum absolute atomic E-state index is 12.2. The van der Waals surface area contributed by atoms with E-state index >= 15 is 0 Å². The number of hydrogen-bond donors (Lipinski definition) is 4. The summed E-state index contributed by atoms with van der Waals surface area (Å²) < 4.78 is 10.6. The summed E-state index contributed by atoms with van der Waals surface area (Å²) in [4.78, 5) is 43.2. The molecule has 2 aromatic rings. The van der Waals surface area contributed by atoms with Crippen molar-refractivity contribution in [2.24, 2.45) is 11.7 Å². The summed E-state index contributed by atoms with van der Waals surface area (Å²) in [5.41, 5.74) is 9.46. The summed E-state index contributed by atoms with van der Waals surface area (Å²) in [6, 6.07) is 7.51. The number of aromatic nitrogens is 1. The lowest BCUT2D eigenvalue weighted by Gasteiger charge is -2.31. The van der Waals surface area contributed by atoms with Gasteiger partial charge in [-0.3, -0.25) is 14.5 Å². The Hall–Kier alpha value is -2.94. The summed E-state index contributed by atoms with van der Waals surface area (Å²) in [5, 5.41) is 19.1. The monoisotopic (exact) mass is 619 g/mol. The van der Waals surface area contributed by atoms with Gasteiger partial charge < -0.3 is 35.6 Å². The van der Waals surface area contributed by atoms with Crippen molar-refractivity contribution in [2.75, 3.05) is 59.7 Å². The van der Waals surface area contributed by atoms with Gasteiger partial charge in [-0.1, -0.05) is 24.3 Å². The van der Waals surface area contributed by atoms with Gasteiger partial charge in [0.25, 0.3) is 0 Å². The van der Waals surface area contributed by atoms with Crippen molar-refractivity contribution in [1.82, 2.24) is 20.1 Å². The molecule has 2 amide bonds. The third kappa shape index (κ3) is 9.78. The van der Waals surface area contributed by atoms with E-state index in [1.165, 1.54) is 16.8 Å². The Balaban J connectivity index is 0.000000242. The first-order valence-corrected chi connectivity index (χ1v) is 15.6. The van der Waals surface area contributed by atoms with Gasteiger partial charge in [0.2, 0.25) is 12.3 Å². The molecule has 0 radical (unpaired) electrons. The summed E-state index contributed by atoms with van der Waals surface area (Å²) in [6.07, 6.45) is 4.80. The number of aliphatic hydroxyl groups excluding tert-OH is 1. The number of hydrogen-bond acceptors (Lipinski definition) is 10. The molecule has 0 bridgehead atoms. The van der Waals surface area contributed by atoms with Crippen molar-refractivity contribution in [3.63, 3.8) is 0 Å². The predicted molar refractivity (Wildman–Crippen MR) is 164 cm³/mol. The van der Waals surface area contributed by atoms with Crippen LogP contribution in [-0.4, -0.2) is 115 Å². The van der Waals surface area contributed by atoms with Crippen LogP contribution < -0.4 is 11.1 Å². The molecule has 5 rings (SSSR count). The van der Waals surface area contributed by atoms with Crippen LogP contribution in [0.4, 0.5) is 0 Å². The van der Waals surface area contributed by atoms with Crippen molar-refractivity contribution in [1.29, 1.82) is 0 Å². The highest BCUT2D eigenvalue weighted by Gasteiger charge is 2.33. The van der Waals surface area contributed by atoms with Crippen LogP contribution >= 0.6 is 11.3 Å². The minimum atomic E-state index is -1.03. The summed E-state index contributed by atoms with van der Waals surface area (Å²) >= 11 is 1.30. The molecule has 13 heteroatoms.